The topological polar surface area (TPSA) is 17.1 Å². The second-order valence-corrected chi connectivity index (χ2v) is 4.27. The minimum Gasteiger partial charge on any atom is -0.303 e. The Morgan fingerprint density at radius 3 is 2.08 bits per heavy atom. The standard InChI is InChI=1S/C11H16O/c1-2-7-11(8-12)9-3-4-10(11)6-5-9/h2,8-10H,1,3-7H2. The van der Waals surface area contributed by atoms with Gasteiger partial charge < -0.3 is 4.79 Å². The summed E-state index contributed by atoms with van der Waals surface area (Å²) >= 11 is 0. The molecule has 0 aromatic heterocycles. The molecule has 0 N–H and O–H groups in total. The molecule has 1 nitrogen and oxygen atoms in total. The van der Waals surface area contributed by atoms with E-state index in [0.29, 0.717) is 11.8 Å². The highest BCUT2D eigenvalue weighted by molar-refractivity contribution is 5.62. The molecule has 0 aromatic rings. The molecule has 0 saturated heterocycles. The normalized spacial score (nSPS) is 44.7. The van der Waals surface area contributed by atoms with E-state index in [1.54, 1.807) is 0 Å². The van der Waals surface area contributed by atoms with Gasteiger partial charge in [0.15, 0.2) is 0 Å². The Balaban J connectivity index is 2.26. The first-order chi connectivity index (χ1) is 5.83. The van der Waals surface area contributed by atoms with Crippen molar-refractivity contribution in [2.75, 3.05) is 0 Å². The maximum absolute atomic E-state index is 11.1. The van der Waals surface area contributed by atoms with Crippen LogP contribution in [0.4, 0.5) is 0 Å². The van der Waals surface area contributed by atoms with Crippen LogP contribution in [0.5, 0.6) is 0 Å². The van der Waals surface area contributed by atoms with Crippen molar-refractivity contribution >= 4 is 6.29 Å². The summed E-state index contributed by atoms with van der Waals surface area (Å²) in [5.74, 6) is 1.36. The molecule has 2 fully saturated rings. The predicted molar refractivity (Wildman–Crippen MR) is 48.8 cm³/mol. The third-order valence-electron chi connectivity index (χ3n) is 3.96. The maximum atomic E-state index is 11.1. The summed E-state index contributed by atoms with van der Waals surface area (Å²) in [7, 11) is 0. The van der Waals surface area contributed by atoms with Crippen LogP contribution in [0.1, 0.15) is 32.1 Å². The van der Waals surface area contributed by atoms with Gasteiger partial charge in [-0.1, -0.05) is 6.08 Å². The predicted octanol–water partition coefficient (Wildman–Crippen LogP) is 2.57. The van der Waals surface area contributed by atoms with E-state index in [-0.39, 0.29) is 5.41 Å². The van der Waals surface area contributed by atoms with Gasteiger partial charge in [-0.15, -0.1) is 6.58 Å². The molecule has 0 amide bonds. The molecule has 2 aliphatic carbocycles. The quantitative estimate of drug-likeness (QED) is 0.463. The van der Waals surface area contributed by atoms with Crippen molar-refractivity contribution in [2.24, 2.45) is 17.3 Å². The summed E-state index contributed by atoms with van der Waals surface area (Å²) in [6.45, 7) is 3.75. The molecule has 2 rings (SSSR count). The Kier molecular flexibility index (Phi) is 1.82. The number of carbonyl (C=O) groups excluding carboxylic acids is 1. The molecule has 0 heterocycles. The van der Waals surface area contributed by atoms with Gasteiger partial charge in [-0.25, -0.2) is 0 Å². The Bertz CT molecular complexity index is 187. The smallest absolute Gasteiger partial charge is 0.127 e. The number of allylic oxidation sites excluding steroid dienone is 1. The highest BCUT2D eigenvalue weighted by Crippen LogP contribution is 2.58. The Labute approximate surface area is 73.8 Å². The summed E-state index contributed by atoms with van der Waals surface area (Å²) < 4.78 is 0. The van der Waals surface area contributed by atoms with Crippen molar-refractivity contribution in [3.63, 3.8) is 0 Å². The van der Waals surface area contributed by atoms with Gasteiger partial charge >= 0.3 is 0 Å². The lowest BCUT2D eigenvalue weighted by Gasteiger charge is -2.26. The number of fused-ring (bicyclic) bond motifs is 2. The van der Waals surface area contributed by atoms with Gasteiger partial charge in [0.25, 0.3) is 0 Å². The Morgan fingerprint density at radius 1 is 1.25 bits per heavy atom. The average molecular weight is 164 g/mol. The third-order valence-corrected chi connectivity index (χ3v) is 3.96. The average Bonchev–Trinajstić information content (AvgIpc) is 2.62. The molecule has 0 atom stereocenters. The van der Waals surface area contributed by atoms with Gasteiger partial charge in [-0.3, -0.25) is 0 Å². The van der Waals surface area contributed by atoms with Crippen LogP contribution in [0.25, 0.3) is 0 Å². The van der Waals surface area contributed by atoms with Crippen molar-refractivity contribution in [1.29, 1.82) is 0 Å². The van der Waals surface area contributed by atoms with E-state index in [0.717, 1.165) is 6.42 Å². The van der Waals surface area contributed by atoms with E-state index in [1.807, 2.05) is 6.08 Å². The first-order valence-corrected chi connectivity index (χ1v) is 4.90. The summed E-state index contributed by atoms with van der Waals surface area (Å²) in [6, 6.07) is 0. The van der Waals surface area contributed by atoms with Crippen LogP contribution in [-0.4, -0.2) is 6.29 Å². The molecule has 66 valence electrons. The highest BCUT2D eigenvalue weighted by atomic mass is 16.1. The van der Waals surface area contributed by atoms with Crippen LogP contribution in [0.15, 0.2) is 12.7 Å². The molecule has 0 aromatic carbocycles. The third kappa shape index (κ3) is 0.825. The van der Waals surface area contributed by atoms with E-state index in [1.165, 1.54) is 32.0 Å². The van der Waals surface area contributed by atoms with E-state index in [4.69, 9.17) is 0 Å². The number of hydrogen-bond acceptors (Lipinski definition) is 1. The first-order valence-electron chi connectivity index (χ1n) is 4.90. The molecular weight excluding hydrogens is 148 g/mol. The number of hydrogen-bond donors (Lipinski definition) is 0. The van der Waals surface area contributed by atoms with Gasteiger partial charge in [0.1, 0.15) is 6.29 Å². The maximum Gasteiger partial charge on any atom is 0.127 e. The number of carbonyl (C=O) groups is 1. The lowest BCUT2D eigenvalue weighted by atomic mass is 9.76. The monoisotopic (exact) mass is 164 g/mol. The molecule has 0 aliphatic heterocycles. The molecule has 0 spiro atoms. The lowest BCUT2D eigenvalue weighted by molar-refractivity contribution is -0.118. The SMILES string of the molecule is C=CCC1(C=O)C2CCC1CC2. The number of aldehydes is 1. The van der Waals surface area contributed by atoms with Crippen LogP contribution >= 0.6 is 0 Å². The van der Waals surface area contributed by atoms with E-state index in [2.05, 4.69) is 6.58 Å². The minimum atomic E-state index is 0.0156. The summed E-state index contributed by atoms with van der Waals surface area (Å²) in [4.78, 5) is 11.1. The van der Waals surface area contributed by atoms with Crippen LogP contribution in [0.2, 0.25) is 0 Å². The van der Waals surface area contributed by atoms with E-state index < -0.39 is 0 Å². The Hall–Kier alpha value is -0.590. The lowest BCUT2D eigenvalue weighted by Crippen LogP contribution is -2.27. The summed E-state index contributed by atoms with van der Waals surface area (Å²) in [5, 5.41) is 0. The molecule has 0 unspecified atom stereocenters. The summed E-state index contributed by atoms with van der Waals surface area (Å²) in [6.07, 6.45) is 9.16. The summed E-state index contributed by atoms with van der Waals surface area (Å²) in [5.41, 5.74) is 0.0156. The van der Waals surface area contributed by atoms with Crippen molar-refractivity contribution in [3.05, 3.63) is 12.7 Å². The zero-order chi connectivity index (χ0) is 8.60. The van der Waals surface area contributed by atoms with Crippen molar-refractivity contribution in [1.82, 2.24) is 0 Å². The fourth-order valence-corrected chi connectivity index (χ4v) is 3.33. The molecular formula is C11H16O. The first kappa shape index (κ1) is 8.03. The zero-order valence-corrected chi connectivity index (χ0v) is 7.46. The number of rotatable bonds is 3. The zero-order valence-electron chi connectivity index (χ0n) is 7.46. The van der Waals surface area contributed by atoms with Crippen LogP contribution < -0.4 is 0 Å². The van der Waals surface area contributed by atoms with Crippen molar-refractivity contribution < 1.29 is 4.79 Å². The highest BCUT2D eigenvalue weighted by Gasteiger charge is 2.53. The van der Waals surface area contributed by atoms with Crippen LogP contribution in [0.3, 0.4) is 0 Å². The van der Waals surface area contributed by atoms with Crippen molar-refractivity contribution in [3.8, 4) is 0 Å². The fourth-order valence-electron chi connectivity index (χ4n) is 3.33. The van der Waals surface area contributed by atoms with Crippen LogP contribution in [0, 0.1) is 17.3 Å². The molecule has 2 saturated carbocycles. The molecule has 2 bridgehead atoms. The van der Waals surface area contributed by atoms with E-state index >= 15 is 0 Å². The second kappa shape index (κ2) is 2.72. The molecule has 1 heteroatoms. The second-order valence-electron chi connectivity index (χ2n) is 4.27. The minimum absolute atomic E-state index is 0.0156. The van der Waals surface area contributed by atoms with E-state index in [9.17, 15) is 4.79 Å². The van der Waals surface area contributed by atoms with Gasteiger partial charge in [-0.05, 0) is 43.9 Å². The largest absolute Gasteiger partial charge is 0.303 e. The van der Waals surface area contributed by atoms with Crippen molar-refractivity contribution in [2.45, 2.75) is 32.1 Å². The molecule has 2 aliphatic rings. The molecule has 12 heavy (non-hydrogen) atoms. The van der Waals surface area contributed by atoms with Gasteiger partial charge in [-0.2, -0.15) is 0 Å². The fraction of sp³-hybridized carbons (Fsp3) is 0.727. The van der Waals surface area contributed by atoms with Gasteiger partial charge in [0.2, 0.25) is 0 Å². The van der Waals surface area contributed by atoms with Gasteiger partial charge in [0.05, 0.1) is 0 Å². The van der Waals surface area contributed by atoms with Gasteiger partial charge in [0, 0.05) is 5.41 Å². The molecule has 0 radical (unpaired) electrons. The van der Waals surface area contributed by atoms with Crippen LogP contribution in [-0.2, 0) is 4.79 Å². The Morgan fingerprint density at radius 2 is 1.75 bits per heavy atom.